The molecule has 2 aromatic heterocycles. The van der Waals surface area contributed by atoms with Gasteiger partial charge in [0.1, 0.15) is 0 Å². The van der Waals surface area contributed by atoms with Gasteiger partial charge in [-0.05, 0) is 113 Å². The molecule has 0 nitrogen and oxygen atoms in total. The summed E-state index contributed by atoms with van der Waals surface area (Å²) in [6.07, 6.45) is 0. The molecule has 0 saturated carbocycles. The van der Waals surface area contributed by atoms with Gasteiger partial charge in [0.2, 0.25) is 0 Å². The highest BCUT2D eigenvalue weighted by Gasteiger charge is 2.24. The van der Waals surface area contributed by atoms with Crippen LogP contribution in [-0.2, 0) is 0 Å². The van der Waals surface area contributed by atoms with E-state index in [4.69, 9.17) is 0 Å². The molecule has 0 atom stereocenters. The molecule has 11 aromatic rings. The summed E-state index contributed by atoms with van der Waals surface area (Å²) >= 11 is 3.62. The van der Waals surface area contributed by atoms with E-state index < -0.39 is 0 Å². The molecule has 270 valence electrons. The van der Waals surface area contributed by atoms with Crippen LogP contribution in [0.15, 0.2) is 206 Å². The third-order valence-corrected chi connectivity index (χ3v) is 13.5. The van der Waals surface area contributed by atoms with E-state index in [1.165, 1.54) is 97.0 Å². The van der Waals surface area contributed by atoms with Crippen molar-refractivity contribution in [2.75, 3.05) is 0 Å². The summed E-state index contributed by atoms with van der Waals surface area (Å²) < 4.78 is 0. The molecule has 11 rings (SSSR count). The first kappa shape index (κ1) is 34.2. The van der Waals surface area contributed by atoms with Crippen molar-refractivity contribution in [2.45, 2.75) is 0 Å². The molecule has 0 aliphatic rings. The van der Waals surface area contributed by atoms with Crippen LogP contribution in [0, 0.1) is 11.8 Å². The first-order valence-corrected chi connectivity index (χ1v) is 21.2. The zero-order valence-electron chi connectivity index (χ0n) is 31.4. The standard InChI is InChI=1S/C56H34S2/c1-5-14-37(15-6-1)47-36-48(55(40-18-9-3-10-19-40)56(41-20-11-4-12-21-41)54(47)39-16-7-2-8-17-39)49-34-35-51(58-49)50-33-31-45(57-50)30-28-38-24-25-44-27-26-42-22-13-23-43-29-32-46(38)53(44)52(42)43/h1-27,29,31-36H. The van der Waals surface area contributed by atoms with Crippen molar-refractivity contribution in [3.05, 3.63) is 217 Å². The Labute approximate surface area is 346 Å². The number of thiophene rings is 2. The van der Waals surface area contributed by atoms with Crippen molar-refractivity contribution < 1.29 is 0 Å². The molecule has 0 aliphatic heterocycles. The summed E-state index contributed by atoms with van der Waals surface area (Å²) in [5, 5.41) is 7.65. The summed E-state index contributed by atoms with van der Waals surface area (Å²) in [6, 6.07) is 74.9. The minimum absolute atomic E-state index is 1.06. The van der Waals surface area contributed by atoms with Gasteiger partial charge in [-0.3, -0.25) is 0 Å². The Hall–Kier alpha value is -7.02. The fourth-order valence-corrected chi connectivity index (χ4v) is 10.5. The van der Waals surface area contributed by atoms with Gasteiger partial charge < -0.3 is 0 Å². The third-order valence-electron chi connectivity index (χ3n) is 11.2. The van der Waals surface area contributed by atoms with Crippen molar-refractivity contribution in [1.82, 2.24) is 0 Å². The first-order chi connectivity index (χ1) is 28.8. The van der Waals surface area contributed by atoms with E-state index in [1.54, 1.807) is 11.3 Å². The highest BCUT2D eigenvalue weighted by Crippen LogP contribution is 2.52. The highest BCUT2D eigenvalue weighted by molar-refractivity contribution is 7.24. The molecular formula is C56H34S2. The molecule has 0 fully saturated rings. The van der Waals surface area contributed by atoms with E-state index in [9.17, 15) is 0 Å². The van der Waals surface area contributed by atoms with Crippen LogP contribution in [0.5, 0.6) is 0 Å². The van der Waals surface area contributed by atoms with Gasteiger partial charge in [0.15, 0.2) is 0 Å². The Kier molecular flexibility index (Phi) is 8.55. The van der Waals surface area contributed by atoms with Gasteiger partial charge in [-0.2, -0.15) is 0 Å². The maximum absolute atomic E-state index is 3.56. The van der Waals surface area contributed by atoms with Crippen LogP contribution in [0.1, 0.15) is 10.4 Å². The lowest BCUT2D eigenvalue weighted by Crippen LogP contribution is -1.97. The van der Waals surface area contributed by atoms with Crippen LogP contribution in [0.4, 0.5) is 0 Å². The molecule has 0 unspecified atom stereocenters. The van der Waals surface area contributed by atoms with Crippen molar-refractivity contribution in [2.24, 2.45) is 0 Å². The summed E-state index contributed by atoms with van der Waals surface area (Å²) in [5.74, 6) is 7.10. The maximum atomic E-state index is 3.56. The average molecular weight is 771 g/mol. The van der Waals surface area contributed by atoms with Gasteiger partial charge in [-0.25, -0.2) is 0 Å². The van der Waals surface area contributed by atoms with Gasteiger partial charge in [0.05, 0.1) is 4.88 Å². The number of rotatable bonds is 6. The fourth-order valence-electron chi connectivity index (χ4n) is 8.55. The second kappa shape index (κ2) is 14.5. The lowest BCUT2D eigenvalue weighted by atomic mass is 9.80. The molecule has 0 bridgehead atoms. The zero-order valence-corrected chi connectivity index (χ0v) is 33.1. The van der Waals surface area contributed by atoms with E-state index in [1.807, 2.05) is 11.3 Å². The fraction of sp³-hybridized carbons (Fsp3) is 0. The molecule has 0 aliphatic carbocycles. The molecular weight excluding hydrogens is 737 g/mol. The van der Waals surface area contributed by atoms with Crippen LogP contribution >= 0.6 is 22.7 Å². The van der Waals surface area contributed by atoms with Crippen molar-refractivity contribution in [3.63, 3.8) is 0 Å². The van der Waals surface area contributed by atoms with Gasteiger partial charge in [0.25, 0.3) is 0 Å². The molecule has 0 radical (unpaired) electrons. The van der Waals surface area contributed by atoms with E-state index in [-0.39, 0.29) is 0 Å². The minimum atomic E-state index is 1.06. The topological polar surface area (TPSA) is 0 Å². The molecule has 0 N–H and O–H groups in total. The van der Waals surface area contributed by atoms with Crippen molar-refractivity contribution >= 4 is 55.0 Å². The molecule has 9 aromatic carbocycles. The van der Waals surface area contributed by atoms with Crippen molar-refractivity contribution in [3.8, 4) is 76.5 Å². The molecule has 58 heavy (non-hydrogen) atoms. The summed E-state index contributed by atoms with van der Waals surface area (Å²) in [4.78, 5) is 4.76. The summed E-state index contributed by atoms with van der Waals surface area (Å²) in [7, 11) is 0. The lowest BCUT2D eigenvalue weighted by Gasteiger charge is -2.24. The lowest BCUT2D eigenvalue weighted by molar-refractivity contribution is 1.54. The number of hydrogen-bond acceptors (Lipinski definition) is 2. The monoisotopic (exact) mass is 770 g/mol. The van der Waals surface area contributed by atoms with Gasteiger partial charge >= 0.3 is 0 Å². The van der Waals surface area contributed by atoms with Crippen LogP contribution in [-0.4, -0.2) is 0 Å². The normalized spacial score (nSPS) is 11.3. The van der Waals surface area contributed by atoms with Crippen LogP contribution in [0.25, 0.3) is 97.0 Å². The Morgan fingerprint density at radius 1 is 0.310 bits per heavy atom. The molecule has 0 amide bonds. The molecule has 0 spiro atoms. The van der Waals surface area contributed by atoms with Gasteiger partial charge in [-0.15, -0.1) is 22.7 Å². The SMILES string of the molecule is C(#Cc1ccc2ccc3cccc4ccc1c2c34)c1ccc(-c2ccc(-c3cc(-c4ccccc4)c(-c4ccccc4)c(-c4ccccc4)c3-c3ccccc3)s2)s1. The minimum Gasteiger partial charge on any atom is -0.134 e. The Bertz CT molecular complexity index is 3290. The largest absolute Gasteiger partial charge is 0.134 e. The second-order valence-corrected chi connectivity index (χ2v) is 16.8. The molecule has 2 heteroatoms. The number of benzene rings is 9. The predicted octanol–water partition coefficient (Wildman–Crippen LogP) is 16.1. The second-order valence-electron chi connectivity index (χ2n) is 14.6. The van der Waals surface area contributed by atoms with Gasteiger partial charge in [0, 0.05) is 25.8 Å². The van der Waals surface area contributed by atoms with Crippen LogP contribution in [0.3, 0.4) is 0 Å². The highest BCUT2D eigenvalue weighted by atomic mass is 32.1. The van der Waals surface area contributed by atoms with E-state index >= 15 is 0 Å². The summed E-state index contributed by atoms with van der Waals surface area (Å²) in [5.41, 5.74) is 12.0. The third kappa shape index (κ3) is 6.01. The Balaban J connectivity index is 1.05. The summed E-state index contributed by atoms with van der Waals surface area (Å²) in [6.45, 7) is 0. The first-order valence-electron chi connectivity index (χ1n) is 19.6. The molecule has 0 saturated heterocycles. The van der Waals surface area contributed by atoms with Crippen molar-refractivity contribution in [1.29, 1.82) is 0 Å². The van der Waals surface area contributed by atoms with Crippen LogP contribution in [0.2, 0.25) is 0 Å². The predicted molar refractivity (Wildman–Crippen MR) is 251 cm³/mol. The van der Waals surface area contributed by atoms with E-state index in [0.717, 1.165) is 10.4 Å². The van der Waals surface area contributed by atoms with Gasteiger partial charge in [-0.1, -0.05) is 182 Å². The Morgan fingerprint density at radius 2 is 0.810 bits per heavy atom. The smallest absolute Gasteiger partial charge is 0.0779 e. The van der Waals surface area contributed by atoms with E-state index in [2.05, 4.69) is 218 Å². The Morgan fingerprint density at radius 3 is 1.47 bits per heavy atom. The quantitative estimate of drug-likeness (QED) is 0.117. The average Bonchev–Trinajstić information content (AvgIpc) is 3.99. The van der Waals surface area contributed by atoms with Crippen LogP contribution < -0.4 is 0 Å². The molecule has 2 heterocycles. The zero-order chi connectivity index (χ0) is 38.4. The maximum Gasteiger partial charge on any atom is 0.0779 e. The number of hydrogen-bond donors (Lipinski definition) is 0. The van der Waals surface area contributed by atoms with E-state index in [0.29, 0.717) is 0 Å².